The maximum atomic E-state index is 4.76. The summed E-state index contributed by atoms with van der Waals surface area (Å²) < 4.78 is 2.89. The lowest BCUT2D eigenvalue weighted by molar-refractivity contribution is 0.138. The van der Waals surface area contributed by atoms with Crippen LogP contribution in [0.2, 0.25) is 0 Å². The van der Waals surface area contributed by atoms with Crippen LogP contribution < -0.4 is 5.32 Å². The lowest BCUT2D eigenvalue weighted by atomic mass is 10.1. The molecule has 1 unspecified atom stereocenters. The summed E-state index contributed by atoms with van der Waals surface area (Å²) in [5.74, 6) is 1.82. The van der Waals surface area contributed by atoms with E-state index in [1.54, 1.807) is 11.0 Å². The summed E-state index contributed by atoms with van der Waals surface area (Å²) in [6.07, 6.45) is 1.57. The first-order valence-corrected chi connectivity index (χ1v) is 10.2. The number of hydrogen-bond donors (Lipinski definition) is 1. The molecule has 27 heavy (non-hydrogen) atoms. The van der Waals surface area contributed by atoms with E-state index >= 15 is 0 Å². The van der Waals surface area contributed by atoms with Crippen LogP contribution in [0.25, 0.3) is 0 Å². The Kier molecular flexibility index (Phi) is 6.84. The van der Waals surface area contributed by atoms with Crippen molar-refractivity contribution in [3.8, 4) is 0 Å². The Morgan fingerprint density at radius 1 is 1.22 bits per heavy atom. The SMILES string of the molecule is CCNC(=NCc1ncnn1C)N1CCN(C(C)c2ccc(Br)cc2)CC1. The quantitative estimate of drug-likeness (QED) is 0.579. The highest BCUT2D eigenvalue weighted by molar-refractivity contribution is 9.10. The largest absolute Gasteiger partial charge is 0.357 e. The van der Waals surface area contributed by atoms with Crippen LogP contribution in [-0.2, 0) is 13.6 Å². The van der Waals surface area contributed by atoms with Crippen molar-refractivity contribution in [2.45, 2.75) is 26.4 Å². The van der Waals surface area contributed by atoms with Gasteiger partial charge in [0, 0.05) is 50.3 Å². The summed E-state index contributed by atoms with van der Waals surface area (Å²) >= 11 is 3.51. The van der Waals surface area contributed by atoms with Crippen LogP contribution in [0.5, 0.6) is 0 Å². The highest BCUT2D eigenvalue weighted by Gasteiger charge is 2.23. The predicted molar refractivity (Wildman–Crippen MR) is 112 cm³/mol. The van der Waals surface area contributed by atoms with Crippen LogP contribution >= 0.6 is 15.9 Å². The zero-order valence-corrected chi connectivity index (χ0v) is 17.9. The lowest BCUT2D eigenvalue weighted by Gasteiger charge is -2.39. The van der Waals surface area contributed by atoms with Gasteiger partial charge in [-0.1, -0.05) is 28.1 Å². The third-order valence-corrected chi connectivity index (χ3v) is 5.55. The number of benzene rings is 1. The fourth-order valence-electron chi connectivity index (χ4n) is 3.31. The first kappa shape index (κ1) is 19.8. The molecule has 0 aliphatic carbocycles. The molecule has 3 rings (SSSR count). The predicted octanol–water partition coefficient (Wildman–Crippen LogP) is 2.42. The molecule has 7 nitrogen and oxygen atoms in total. The molecule has 1 fully saturated rings. The van der Waals surface area contributed by atoms with E-state index in [1.165, 1.54) is 5.56 Å². The van der Waals surface area contributed by atoms with E-state index in [1.807, 2.05) is 7.05 Å². The first-order valence-electron chi connectivity index (χ1n) is 9.44. The van der Waals surface area contributed by atoms with Crippen molar-refractivity contribution in [3.63, 3.8) is 0 Å². The van der Waals surface area contributed by atoms with Crippen molar-refractivity contribution in [2.24, 2.45) is 12.0 Å². The maximum Gasteiger partial charge on any atom is 0.194 e. The van der Waals surface area contributed by atoms with Crippen LogP contribution in [0.4, 0.5) is 0 Å². The fourth-order valence-corrected chi connectivity index (χ4v) is 3.57. The van der Waals surface area contributed by atoms with Gasteiger partial charge in [-0.15, -0.1) is 0 Å². The topological polar surface area (TPSA) is 61.6 Å². The molecule has 1 aromatic carbocycles. The number of halogens is 1. The Bertz CT molecular complexity index is 748. The first-order chi connectivity index (χ1) is 13.1. The summed E-state index contributed by atoms with van der Waals surface area (Å²) in [6.45, 7) is 9.74. The fraction of sp³-hybridized carbons (Fsp3) is 0.526. The Hall–Kier alpha value is -1.93. The van der Waals surface area contributed by atoms with E-state index in [4.69, 9.17) is 4.99 Å². The minimum atomic E-state index is 0.415. The van der Waals surface area contributed by atoms with Gasteiger partial charge in [-0.3, -0.25) is 9.58 Å². The van der Waals surface area contributed by atoms with E-state index in [0.29, 0.717) is 12.6 Å². The van der Waals surface area contributed by atoms with Crippen LogP contribution in [0, 0.1) is 0 Å². The van der Waals surface area contributed by atoms with Gasteiger partial charge >= 0.3 is 0 Å². The van der Waals surface area contributed by atoms with E-state index in [-0.39, 0.29) is 0 Å². The van der Waals surface area contributed by atoms with Crippen molar-refractivity contribution in [1.29, 1.82) is 0 Å². The Balaban J connectivity index is 1.60. The standard InChI is InChI=1S/C19H28BrN7/c1-4-21-19(22-13-18-23-14-24-25(18)3)27-11-9-26(10-12-27)15(2)16-5-7-17(20)8-6-16/h5-8,14-15H,4,9-13H2,1-3H3,(H,21,22). The molecule has 1 aliphatic rings. The number of aromatic nitrogens is 3. The highest BCUT2D eigenvalue weighted by atomic mass is 79.9. The number of piperazine rings is 1. The zero-order chi connectivity index (χ0) is 19.2. The van der Waals surface area contributed by atoms with E-state index < -0.39 is 0 Å². The average Bonchev–Trinajstić information content (AvgIpc) is 3.10. The molecule has 1 saturated heterocycles. The van der Waals surface area contributed by atoms with E-state index in [2.05, 4.69) is 79.2 Å². The summed E-state index contributed by atoms with van der Waals surface area (Å²) in [5, 5.41) is 7.52. The van der Waals surface area contributed by atoms with Crippen LogP contribution in [0.1, 0.15) is 31.3 Å². The number of hydrogen-bond acceptors (Lipinski definition) is 4. The molecular formula is C19H28BrN7. The van der Waals surface area contributed by atoms with Gasteiger partial charge in [0.1, 0.15) is 18.7 Å². The number of aryl methyl sites for hydroxylation is 1. The number of rotatable bonds is 5. The van der Waals surface area contributed by atoms with Gasteiger partial charge in [-0.25, -0.2) is 9.98 Å². The summed E-state index contributed by atoms with van der Waals surface area (Å²) in [4.78, 5) is 13.9. The zero-order valence-electron chi connectivity index (χ0n) is 16.3. The smallest absolute Gasteiger partial charge is 0.194 e. The third kappa shape index (κ3) is 5.07. The average molecular weight is 434 g/mol. The molecule has 1 aromatic heterocycles. The molecular weight excluding hydrogens is 406 g/mol. The molecule has 8 heteroatoms. The number of nitrogens with one attached hydrogen (secondary N) is 1. The molecule has 0 bridgehead atoms. The number of nitrogens with zero attached hydrogens (tertiary/aromatic N) is 6. The minimum Gasteiger partial charge on any atom is -0.357 e. The maximum absolute atomic E-state index is 4.76. The normalized spacial score (nSPS) is 17.2. The van der Waals surface area contributed by atoms with Crippen LogP contribution in [-0.4, -0.2) is 63.2 Å². The second-order valence-electron chi connectivity index (χ2n) is 6.72. The summed E-state index contributed by atoms with van der Waals surface area (Å²) in [5.41, 5.74) is 1.36. The second-order valence-corrected chi connectivity index (χ2v) is 7.64. The van der Waals surface area contributed by atoms with Crippen molar-refractivity contribution in [3.05, 3.63) is 46.5 Å². The monoisotopic (exact) mass is 433 g/mol. The molecule has 2 heterocycles. The molecule has 1 aliphatic heterocycles. The second kappa shape index (κ2) is 9.32. The Morgan fingerprint density at radius 2 is 1.93 bits per heavy atom. The van der Waals surface area contributed by atoms with Gasteiger partial charge in [0.2, 0.25) is 0 Å². The minimum absolute atomic E-state index is 0.415. The van der Waals surface area contributed by atoms with Crippen molar-refractivity contribution >= 4 is 21.9 Å². The van der Waals surface area contributed by atoms with Gasteiger partial charge in [0.15, 0.2) is 5.96 Å². The Morgan fingerprint density at radius 3 is 2.52 bits per heavy atom. The summed E-state index contributed by atoms with van der Waals surface area (Å²) in [6, 6.07) is 9.05. The highest BCUT2D eigenvalue weighted by Crippen LogP contribution is 2.23. The van der Waals surface area contributed by atoms with Crippen LogP contribution in [0.3, 0.4) is 0 Å². The van der Waals surface area contributed by atoms with Crippen LogP contribution in [0.15, 0.2) is 40.1 Å². The molecule has 2 aromatic rings. The molecule has 1 atom stereocenters. The number of guanidine groups is 1. The van der Waals surface area contributed by atoms with Gasteiger partial charge in [0.05, 0.1) is 0 Å². The van der Waals surface area contributed by atoms with Crippen molar-refractivity contribution in [1.82, 2.24) is 29.9 Å². The van der Waals surface area contributed by atoms with E-state index in [0.717, 1.165) is 49.0 Å². The molecule has 0 spiro atoms. The van der Waals surface area contributed by atoms with Crippen molar-refractivity contribution < 1.29 is 0 Å². The van der Waals surface area contributed by atoms with Crippen molar-refractivity contribution in [2.75, 3.05) is 32.7 Å². The third-order valence-electron chi connectivity index (χ3n) is 5.02. The lowest BCUT2D eigenvalue weighted by Crippen LogP contribution is -2.52. The van der Waals surface area contributed by atoms with Gasteiger partial charge in [-0.2, -0.15) is 5.10 Å². The summed E-state index contributed by atoms with van der Waals surface area (Å²) in [7, 11) is 1.90. The Labute approximate surface area is 169 Å². The molecule has 146 valence electrons. The molecule has 0 saturated carbocycles. The number of aliphatic imine (C=N–C) groups is 1. The molecule has 0 radical (unpaired) electrons. The van der Waals surface area contributed by atoms with Gasteiger partial charge in [-0.05, 0) is 31.5 Å². The van der Waals surface area contributed by atoms with Gasteiger partial charge in [0.25, 0.3) is 0 Å². The van der Waals surface area contributed by atoms with Gasteiger partial charge < -0.3 is 10.2 Å². The van der Waals surface area contributed by atoms with E-state index in [9.17, 15) is 0 Å². The molecule has 0 amide bonds. The molecule has 1 N–H and O–H groups in total.